The average Bonchev–Trinajstić information content (AvgIpc) is 3.26. The first kappa shape index (κ1) is 14.7. The molecule has 1 aromatic rings. The smallest absolute Gasteiger partial charge is 0.128 e. The number of hydrogen-bond donors (Lipinski definition) is 1. The minimum absolute atomic E-state index is 0.0780. The Hall–Kier alpha value is -1.26. The van der Waals surface area contributed by atoms with E-state index in [1.54, 1.807) is 11.8 Å². The van der Waals surface area contributed by atoms with E-state index in [0.717, 1.165) is 29.5 Å². The van der Waals surface area contributed by atoms with Crippen LogP contribution in [0.5, 0.6) is 5.75 Å². The highest BCUT2D eigenvalue weighted by atomic mass is 32.2. The van der Waals surface area contributed by atoms with E-state index in [0.29, 0.717) is 0 Å². The van der Waals surface area contributed by atoms with Gasteiger partial charge >= 0.3 is 0 Å². The van der Waals surface area contributed by atoms with E-state index in [1.165, 1.54) is 23.3 Å². The van der Waals surface area contributed by atoms with E-state index in [2.05, 4.69) is 42.8 Å². The van der Waals surface area contributed by atoms with Crippen LogP contribution >= 0.6 is 11.8 Å². The maximum atomic E-state index is 6.05. The molecule has 1 aliphatic heterocycles. The molecule has 1 aliphatic carbocycles. The van der Waals surface area contributed by atoms with Crippen molar-refractivity contribution in [3.8, 4) is 5.75 Å². The Morgan fingerprint density at radius 3 is 2.81 bits per heavy atom. The van der Waals surface area contributed by atoms with Gasteiger partial charge in [0.1, 0.15) is 11.9 Å². The fourth-order valence-electron chi connectivity index (χ4n) is 2.46. The third kappa shape index (κ3) is 3.33. The van der Waals surface area contributed by atoms with Crippen molar-refractivity contribution in [3.05, 3.63) is 35.4 Å². The number of aliphatic imine (C=N–C) groups is 1. The molecule has 0 aromatic heterocycles. The normalized spacial score (nSPS) is 21.2. The molecule has 0 saturated heterocycles. The highest BCUT2D eigenvalue weighted by molar-refractivity contribution is 7.98. The minimum Gasteiger partial charge on any atom is -0.493 e. The summed E-state index contributed by atoms with van der Waals surface area (Å²) < 4.78 is 6.05. The number of nitrogens with zero attached hydrogens (tertiary/aromatic N) is 1. The first-order valence-electron chi connectivity index (χ1n) is 7.46. The summed E-state index contributed by atoms with van der Waals surface area (Å²) in [4.78, 5) is 6.00. The fourth-order valence-corrected chi connectivity index (χ4v) is 2.90. The number of nitrogens with one attached hydrogen (secondary N) is 1. The Morgan fingerprint density at radius 2 is 2.19 bits per heavy atom. The van der Waals surface area contributed by atoms with E-state index in [4.69, 9.17) is 9.73 Å². The van der Waals surface area contributed by atoms with Gasteiger partial charge in [0.2, 0.25) is 0 Å². The van der Waals surface area contributed by atoms with E-state index in [9.17, 15) is 0 Å². The van der Waals surface area contributed by atoms with Gasteiger partial charge in [0.05, 0.1) is 12.3 Å². The van der Waals surface area contributed by atoms with Crippen LogP contribution in [-0.4, -0.2) is 31.8 Å². The lowest BCUT2D eigenvalue weighted by molar-refractivity contribution is 0.299. The third-order valence-electron chi connectivity index (χ3n) is 3.96. The standard InChI is InChI=1S/C17H22N2OS/c1-11-8-16(18-2)19-17(11)14-9-13(21-3)6-7-15(14)20-10-12-4-5-12/h6-9,12,16,18H,4-5,10H2,1-3H3. The van der Waals surface area contributed by atoms with Gasteiger partial charge < -0.3 is 4.74 Å². The molecule has 2 aliphatic rings. The zero-order valence-electron chi connectivity index (χ0n) is 12.8. The first-order chi connectivity index (χ1) is 10.2. The van der Waals surface area contributed by atoms with E-state index < -0.39 is 0 Å². The van der Waals surface area contributed by atoms with Gasteiger partial charge in [-0.05, 0) is 68.8 Å². The second-order valence-electron chi connectivity index (χ2n) is 5.68. The second-order valence-corrected chi connectivity index (χ2v) is 6.56. The fraction of sp³-hybridized carbons (Fsp3) is 0.471. The van der Waals surface area contributed by atoms with Crippen molar-refractivity contribution in [3.63, 3.8) is 0 Å². The van der Waals surface area contributed by atoms with Crippen molar-refractivity contribution in [1.29, 1.82) is 0 Å². The summed E-state index contributed by atoms with van der Waals surface area (Å²) in [5, 5.41) is 3.19. The molecule has 0 amide bonds. The van der Waals surface area contributed by atoms with Crippen LogP contribution in [-0.2, 0) is 0 Å². The van der Waals surface area contributed by atoms with Crippen LogP contribution in [0.1, 0.15) is 25.3 Å². The largest absolute Gasteiger partial charge is 0.493 e. The molecule has 1 saturated carbocycles. The molecule has 3 rings (SSSR count). The summed E-state index contributed by atoms with van der Waals surface area (Å²) in [5.74, 6) is 1.72. The maximum absolute atomic E-state index is 6.05. The first-order valence-corrected chi connectivity index (χ1v) is 8.69. The molecule has 1 N–H and O–H groups in total. The SMILES string of the molecule is CNC1C=C(C)C(c2cc(SC)ccc2OCC2CC2)=N1. The zero-order chi connectivity index (χ0) is 14.8. The van der Waals surface area contributed by atoms with Crippen molar-refractivity contribution in [1.82, 2.24) is 5.32 Å². The topological polar surface area (TPSA) is 33.6 Å². The Bertz CT molecular complexity index is 590. The van der Waals surface area contributed by atoms with E-state index in [-0.39, 0.29) is 6.17 Å². The number of likely N-dealkylation sites (N-methyl/N-ethyl adjacent to an activating group) is 1. The lowest BCUT2D eigenvalue weighted by atomic mass is 10.0. The second kappa shape index (κ2) is 6.24. The molecule has 4 heteroatoms. The predicted octanol–water partition coefficient (Wildman–Crippen LogP) is 3.49. The Kier molecular flexibility index (Phi) is 4.36. The van der Waals surface area contributed by atoms with Crippen molar-refractivity contribution >= 4 is 17.5 Å². The lowest BCUT2D eigenvalue weighted by Crippen LogP contribution is -2.18. The number of benzene rings is 1. The number of ether oxygens (including phenoxy) is 1. The van der Waals surface area contributed by atoms with Gasteiger partial charge in [-0.15, -0.1) is 11.8 Å². The van der Waals surface area contributed by atoms with Crippen LogP contribution in [0.3, 0.4) is 0 Å². The molecular weight excluding hydrogens is 280 g/mol. The molecule has 1 atom stereocenters. The molecular formula is C17H22N2OS. The molecule has 1 heterocycles. The van der Waals surface area contributed by atoms with E-state index >= 15 is 0 Å². The molecule has 21 heavy (non-hydrogen) atoms. The van der Waals surface area contributed by atoms with Crippen molar-refractivity contribution in [2.75, 3.05) is 19.9 Å². The van der Waals surface area contributed by atoms with Crippen molar-refractivity contribution < 1.29 is 4.74 Å². The number of rotatable bonds is 6. The molecule has 112 valence electrons. The van der Waals surface area contributed by atoms with Crippen molar-refractivity contribution in [2.24, 2.45) is 10.9 Å². The van der Waals surface area contributed by atoms with Crippen LogP contribution in [0.4, 0.5) is 0 Å². The summed E-state index contributed by atoms with van der Waals surface area (Å²) in [6.45, 7) is 2.95. The summed E-state index contributed by atoms with van der Waals surface area (Å²) in [5.41, 5.74) is 3.38. The Morgan fingerprint density at radius 1 is 1.38 bits per heavy atom. The molecule has 0 spiro atoms. The monoisotopic (exact) mass is 302 g/mol. The third-order valence-corrected chi connectivity index (χ3v) is 4.68. The van der Waals surface area contributed by atoms with Gasteiger partial charge in [-0.3, -0.25) is 10.3 Å². The maximum Gasteiger partial charge on any atom is 0.128 e. The number of thioether (sulfide) groups is 1. The lowest BCUT2D eigenvalue weighted by Gasteiger charge is -2.13. The van der Waals surface area contributed by atoms with Gasteiger partial charge in [0.25, 0.3) is 0 Å². The van der Waals surface area contributed by atoms with E-state index in [1.807, 2.05) is 7.05 Å². The van der Waals surface area contributed by atoms with Crippen LogP contribution in [0.2, 0.25) is 0 Å². The zero-order valence-corrected chi connectivity index (χ0v) is 13.7. The van der Waals surface area contributed by atoms with Gasteiger partial charge in [0, 0.05) is 10.5 Å². The molecule has 3 nitrogen and oxygen atoms in total. The van der Waals surface area contributed by atoms with Crippen LogP contribution < -0.4 is 10.1 Å². The number of allylic oxidation sites excluding steroid dienone is 1. The molecule has 1 fully saturated rings. The Labute approximate surface area is 130 Å². The van der Waals surface area contributed by atoms with Gasteiger partial charge in [0.15, 0.2) is 0 Å². The molecule has 0 bridgehead atoms. The summed E-state index contributed by atoms with van der Waals surface area (Å²) >= 11 is 1.75. The molecule has 0 radical (unpaired) electrons. The summed E-state index contributed by atoms with van der Waals surface area (Å²) in [6, 6.07) is 6.41. The highest BCUT2D eigenvalue weighted by Gasteiger charge is 2.24. The van der Waals surface area contributed by atoms with Crippen LogP contribution in [0.25, 0.3) is 0 Å². The van der Waals surface area contributed by atoms with Gasteiger partial charge in [-0.1, -0.05) is 0 Å². The summed E-state index contributed by atoms with van der Waals surface area (Å²) in [6.07, 6.45) is 6.94. The van der Waals surface area contributed by atoms with Crippen LogP contribution in [0, 0.1) is 5.92 Å². The summed E-state index contributed by atoms with van der Waals surface area (Å²) in [7, 11) is 1.93. The van der Waals surface area contributed by atoms with Crippen molar-refractivity contribution in [2.45, 2.75) is 30.8 Å². The number of hydrogen-bond acceptors (Lipinski definition) is 4. The van der Waals surface area contributed by atoms with Gasteiger partial charge in [-0.2, -0.15) is 0 Å². The average molecular weight is 302 g/mol. The minimum atomic E-state index is 0.0780. The molecule has 1 unspecified atom stereocenters. The predicted molar refractivity (Wildman–Crippen MR) is 89.6 cm³/mol. The Balaban J connectivity index is 1.92. The molecule has 1 aromatic carbocycles. The van der Waals surface area contributed by atoms with Gasteiger partial charge in [-0.25, -0.2) is 0 Å². The highest BCUT2D eigenvalue weighted by Crippen LogP contribution is 2.33. The quantitative estimate of drug-likeness (QED) is 0.817. The van der Waals surface area contributed by atoms with Crippen LogP contribution in [0.15, 0.2) is 39.7 Å².